The number of aromatic hydroxyl groups is 2. The van der Waals surface area contributed by atoms with Crippen molar-refractivity contribution in [3.63, 3.8) is 0 Å². The standard InChI is InChI=1S/C53H62N6O23/c1-27(31-18-36(74-4)37(19-33(31)59(71)72)78-25-40(62)54-10-12-75-14-16-77-17-15-76-13-11-57-23-29(55-56-57)8-9-41(63)64)81-52(69)58-26-79-51-28(2)80-42(20-34(51)58)82-38-22-53(70,39(61)24-60)21-32-44(38)50(68)46-45(48(32)66)47(65)30-6-5-7-35(73-3)43(30)49(46)67/h5-7,18-19,23,27-28,34,38,42,51,60,66,68,70H,8-17,20-22,24-26H2,1-4H3,(H,54,62)(H,63,64)/t27?,28-,34-,38-,42-,51+,53-/m0/s1. The van der Waals surface area contributed by atoms with Gasteiger partial charge < -0.3 is 78.2 Å². The Hall–Kier alpha value is -7.90. The topological polar surface area (TPSA) is 385 Å². The van der Waals surface area contributed by atoms with Crippen LogP contribution in [-0.4, -0.2) is 196 Å². The van der Waals surface area contributed by atoms with Crippen LogP contribution in [-0.2, 0) is 66.9 Å². The van der Waals surface area contributed by atoms with Crippen LogP contribution in [0.5, 0.6) is 28.7 Å². The summed E-state index contributed by atoms with van der Waals surface area (Å²) in [6.45, 7) is 3.15. The molecule has 29 nitrogen and oxygen atoms in total. The van der Waals surface area contributed by atoms with Crippen molar-refractivity contribution in [2.24, 2.45) is 0 Å². The van der Waals surface area contributed by atoms with E-state index in [1.165, 1.54) is 50.3 Å². The van der Waals surface area contributed by atoms with Gasteiger partial charge >= 0.3 is 12.1 Å². The van der Waals surface area contributed by atoms with Crippen molar-refractivity contribution in [1.29, 1.82) is 0 Å². The van der Waals surface area contributed by atoms with E-state index in [1.54, 1.807) is 17.8 Å². The van der Waals surface area contributed by atoms with E-state index in [2.05, 4.69) is 15.6 Å². The van der Waals surface area contributed by atoms with E-state index in [1.807, 2.05) is 0 Å². The van der Waals surface area contributed by atoms with Crippen molar-refractivity contribution in [2.75, 3.05) is 80.4 Å². The highest BCUT2D eigenvalue weighted by Gasteiger charge is 2.52. The second-order valence-electron chi connectivity index (χ2n) is 19.5. The molecule has 82 heavy (non-hydrogen) atoms. The lowest BCUT2D eigenvalue weighted by Gasteiger charge is -2.42. The SMILES string of the molecule is COc1cc(C(C)OC(=O)N2CO[C@@H]3[C@H](C)O[C@@H](O[C@H]4C[C@](O)(C(=O)CO)Cc5c(O)c6c(c(O)c54)C(=O)c4c(OC)cccc4C6=O)C[C@@H]32)c([N+](=O)[O-])cc1OCC(=O)NCCOCCOCCOCCn1cc(CCC(=O)O)nn1. The number of carbonyl (C=O) groups excluding carboxylic acids is 5. The maximum absolute atomic E-state index is 14.1. The first-order valence-corrected chi connectivity index (χ1v) is 26.0. The van der Waals surface area contributed by atoms with Crippen LogP contribution in [0.3, 0.4) is 0 Å². The molecular formula is C53H62N6O23. The molecule has 7 atom stereocenters. The number of amides is 2. The molecule has 2 fully saturated rings. The number of aliphatic hydroxyl groups is 2. The van der Waals surface area contributed by atoms with E-state index >= 15 is 0 Å². The second-order valence-corrected chi connectivity index (χ2v) is 19.5. The van der Waals surface area contributed by atoms with Crippen LogP contribution in [0.1, 0.15) is 99.5 Å². The fraction of sp³-hybridized carbons (Fsp3) is 0.509. The first kappa shape index (κ1) is 60.2. The van der Waals surface area contributed by atoms with Crippen LogP contribution in [0.15, 0.2) is 36.5 Å². The third-order valence-electron chi connectivity index (χ3n) is 14.3. The molecule has 6 N–H and O–H groups in total. The number of ether oxygens (including phenoxy) is 10. The number of benzene rings is 3. The summed E-state index contributed by atoms with van der Waals surface area (Å²) in [7, 11) is 2.55. The van der Waals surface area contributed by atoms with Gasteiger partial charge in [0.05, 0.1) is 124 Å². The van der Waals surface area contributed by atoms with Crippen LogP contribution in [0.25, 0.3) is 0 Å². The molecular weight excluding hydrogens is 1090 g/mol. The number of hydrogen-bond acceptors (Lipinski definition) is 24. The number of aliphatic carboxylic acids is 1. The van der Waals surface area contributed by atoms with Crippen molar-refractivity contribution in [2.45, 2.75) is 94.8 Å². The lowest BCUT2D eigenvalue weighted by molar-refractivity contribution is -0.386. The molecule has 1 aromatic heterocycles. The molecule has 29 heteroatoms. The van der Waals surface area contributed by atoms with Crippen molar-refractivity contribution in [3.05, 3.63) is 91.3 Å². The highest BCUT2D eigenvalue weighted by molar-refractivity contribution is 6.31. The largest absolute Gasteiger partial charge is 0.507 e. The average Bonchev–Trinajstić information content (AvgIpc) is 4.14. The molecule has 3 aromatic carbocycles. The van der Waals surface area contributed by atoms with Crippen LogP contribution < -0.4 is 19.5 Å². The summed E-state index contributed by atoms with van der Waals surface area (Å²) < 4.78 is 58.8. The van der Waals surface area contributed by atoms with Gasteiger partial charge in [-0.2, -0.15) is 0 Å². The number of nitrogens with zero attached hydrogens (tertiary/aromatic N) is 5. The minimum Gasteiger partial charge on any atom is -0.507 e. The number of rotatable bonds is 27. The number of carboxylic acid groups (broad SMARTS) is 1. The number of nitro groups is 1. The van der Waals surface area contributed by atoms with Crippen molar-refractivity contribution >= 4 is 41.0 Å². The molecule has 1 unspecified atom stereocenters. The predicted molar refractivity (Wildman–Crippen MR) is 275 cm³/mol. The number of fused-ring (bicyclic) bond motifs is 4. The molecule has 0 spiro atoms. The molecule has 2 aliphatic heterocycles. The Labute approximate surface area is 466 Å². The number of carboxylic acids is 1. The molecule has 2 aliphatic carbocycles. The minimum atomic E-state index is -2.42. The van der Waals surface area contributed by atoms with Gasteiger partial charge in [0.25, 0.3) is 11.6 Å². The third kappa shape index (κ3) is 13.1. The number of aryl methyl sites for hydroxylation is 1. The quantitative estimate of drug-likeness (QED) is 0.0189. The Kier molecular flexibility index (Phi) is 19.3. The van der Waals surface area contributed by atoms with Gasteiger partial charge in [-0.05, 0) is 26.0 Å². The van der Waals surface area contributed by atoms with Crippen molar-refractivity contribution in [3.8, 4) is 28.7 Å². The first-order chi connectivity index (χ1) is 39.3. The summed E-state index contributed by atoms with van der Waals surface area (Å²) in [5.41, 5.74) is -4.43. The fourth-order valence-corrected chi connectivity index (χ4v) is 10.2. The Morgan fingerprint density at radius 3 is 2.35 bits per heavy atom. The number of phenolic OH excluding ortho intramolecular Hbond substituents is 2. The van der Waals surface area contributed by atoms with E-state index < -0.39 is 137 Å². The first-order valence-electron chi connectivity index (χ1n) is 26.0. The molecule has 4 aliphatic rings. The van der Waals surface area contributed by atoms with E-state index in [-0.39, 0.29) is 91.0 Å². The van der Waals surface area contributed by atoms with Gasteiger partial charge in [0.15, 0.2) is 36.0 Å². The third-order valence-corrected chi connectivity index (χ3v) is 14.3. The molecule has 2 amide bonds. The smallest absolute Gasteiger partial charge is 0.412 e. The Bertz CT molecular complexity index is 3080. The highest BCUT2D eigenvalue weighted by Crippen LogP contribution is 2.53. The summed E-state index contributed by atoms with van der Waals surface area (Å²) in [4.78, 5) is 91.6. The zero-order chi connectivity index (χ0) is 59.0. The van der Waals surface area contributed by atoms with Gasteiger partial charge in [-0.1, -0.05) is 17.3 Å². The van der Waals surface area contributed by atoms with Crippen molar-refractivity contribution in [1.82, 2.24) is 25.2 Å². The normalized spacial score (nSPS) is 21.1. The number of hydrogen-bond donors (Lipinski definition) is 6. The maximum atomic E-state index is 14.1. The van der Waals surface area contributed by atoms with Crippen molar-refractivity contribution < 1.29 is 107 Å². The van der Waals surface area contributed by atoms with Gasteiger partial charge in [0.2, 0.25) is 5.78 Å². The minimum absolute atomic E-state index is 0.0238. The van der Waals surface area contributed by atoms with Crippen LogP contribution in [0, 0.1) is 10.1 Å². The van der Waals surface area contributed by atoms with E-state index in [9.17, 15) is 59.3 Å². The lowest BCUT2D eigenvalue weighted by Crippen LogP contribution is -2.52. The Morgan fingerprint density at radius 2 is 1.66 bits per heavy atom. The molecule has 4 aromatic rings. The lowest BCUT2D eigenvalue weighted by atomic mass is 9.72. The number of aromatic nitrogens is 3. The molecule has 8 rings (SSSR count). The number of carbonyl (C=O) groups is 6. The summed E-state index contributed by atoms with van der Waals surface area (Å²) in [5, 5.41) is 77.1. The molecule has 3 heterocycles. The summed E-state index contributed by atoms with van der Waals surface area (Å²) in [6, 6.07) is 5.67. The van der Waals surface area contributed by atoms with Crippen LogP contribution in [0.2, 0.25) is 0 Å². The summed E-state index contributed by atoms with van der Waals surface area (Å²) >= 11 is 0. The Morgan fingerprint density at radius 1 is 0.951 bits per heavy atom. The number of methoxy groups -OCH3 is 2. The van der Waals surface area contributed by atoms with Crippen LogP contribution >= 0.6 is 0 Å². The van der Waals surface area contributed by atoms with Gasteiger partial charge in [0, 0.05) is 55.1 Å². The second kappa shape index (κ2) is 26.3. The zero-order valence-electron chi connectivity index (χ0n) is 45.1. The zero-order valence-corrected chi connectivity index (χ0v) is 45.1. The van der Waals surface area contributed by atoms with E-state index in [0.29, 0.717) is 38.5 Å². The van der Waals surface area contributed by atoms with Gasteiger partial charge in [-0.3, -0.25) is 39.0 Å². The van der Waals surface area contributed by atoms with Gasteiger partial charge in [-0.25, -0.2) is 9.48 Å². The highest BCUT2D eigenvalue weighted by atomic mass is 16.7. The average molecular weight is 1150 g/mol. The summed E-state index contributed by atoms with van der Waals surface area (Å²) in [5.74, 6) is -5.99. The molecule has 2 saturated heterocycles. The number of ketones is 3. The number of nitro benzene ring substituents is 1. The number of phenols is 2. The van der Waals surface area contributed by atoms with Gasteiger partial charge in [-0.15, -0.1) is 5.10 Å². The molecule has 0 saturated carbocycles. The number of Topliss-reactive ketones (excluding diaryl/α,β-unsaturated/α-hetero) is 1. The predicted octanol–water partition coefficient (Wildman–Crippen LogP) is 2.01. The molecule has 0 radical (unpaired) electrons. The fourth-order valence-electron chi connectivity index (χ4n) is 10.2. The maximum Gasteiger partial charge on any atom is 0.412 e. The van der Waals surface area contributed by atoms with E-state index in [4.69, 9.17) is 52.5 Å². The molecule has 0 bridgehead atoms. The van der Waals surface area contributed by atoms with Gasteiger partial charge in [0.1, 0.15) is 48.4 Å². The van der Waals surface area contributed by atoms with Crippen LogP contribution in [0.4, 0.5) is 10.5 Å². The van der Waals surface area contributed by atoms with E-state index in [0.717, 1.165) is 6.07 Å². The monoisotopic (exact) mass is 1150 g/mol. The summed E-state index contributed by atoms with van der Waals surface area (Å²) in [6.07, 6.45) is -6.27. The Balaban J connectivity index is 0.844. The molecule has 442 valence electrons. The number of aliphatic hydroxyl groups excluding tert-OH is 1. The number of nitrogens with one attached hydrogen (secondary N) is 1.